The number of rotatable bonds is 39. The molecule has 0 radical (unpaired) electrons. The first-order chi connectivity index (χ1) is 36.8. The van der Waals surface area contributed by atoms with E-state index in [1.54, 1.807) is 6.92 Å². The van der Waals surface area contributed by atoms with Crippen LogP contribution in [0.2, 0.25) is 0 Å². The number of unbranched alkanes of at least 4 members (excludes halogenated alkanes) is 15. The van der Waals surface area contributed by atoms with Crippen LogP contribution in [0.4, 0.5) is 5.82 Å². The molecule has 0 aliphatic carbocycles. The molecule has 12 N–H and O–H groups in total. The molecule has 2 amide bonds. The number of fused-ring (bicyclic) bond motifs is 1. The smallest absolute Gasteiger partial charge is 0.390 e. The normalized spacial score (nSPS) is 23.9. The molecular formula is C46H82N7O21P3S. The van der Waals surface area contributed by atoms with E-state index in [-0.39, 0.29) is 54.1 Å². The van der Waals surface area contributed by atoms with E-state index >= 15 is 0 Å². The summed E-state index contributed by atoms with van der Waals surface area (Å²) in [5.41, 5.74) is 4.27. The molecule has 0 spiro atoms. The number of hydrogen-bond donors (Lipinski definition) is 11. The molecular weight excluding hydrogens is 1110 g/mol. The molecule has 0 aromatic carbocycles. The van der Waals surface area contributed by atoms with Gasteiger partial charge in [-0.1, -0.05) is 116 Å². The Balaban J connectivity index is 0.971. The van der Waals surface area contributed by atoms with Gasteiger partial charge in [0.25, 0.3) is 0 Å². The first kappa shape index (κ1) is 67.9. The molecule has 2 aromatic rings. The number of amides is 2. The van der Waals surface area contributed by atoms with Gasteiger partial charge in [-0.2, -0.15) is 4.31 Å². The van der Waals surface area contributed by atoms with Gasteiger partial charge in [-0.3, -0.25) is 32.5 Å². The van der Waals surface area contributed by atoms with Gasteiger partial charge < -0.3 is 70.6 Å². The van der Waals surface area contributed by atoms with Crippen molar-refractivity contribution >= 4 is 69.1 Å². The number of ether oxygens (including phenoxy) is 3. The summed E-state index contributed by atoms with van der Waals surface area (Å²) in [6, 6.07) is 0. The summed E-state index contributed by atoms with van der Waals surface area (Å²) in [5.74, 6) is -1.06. The molecule has 0 saturated carbocycles. The number of aliphatic hydroxyl groups excluding tert-OH is 4. The van der Waals surface area contributed by atoms with Crippen LogP contribution in [0.15, 0.2) is 12.7 Å². The number of phosphoric ester groups is 3. The second kappa shape index (κ2) is 33.5. The number of nitrogen functional groups attached to an aromatic ring is 1. The number of phosphoric acid groups is 3. The predicted molar refractivity (Wildman–Crippen MR) is 283 cm³/mol. The summed E-state index contributed by atoms with van der Waals surface area (Å²) in [5, 5.41) is 46.5. The summed E-state index contributed by atoms with van der Waals surface area (Å²) in [6.07, 6.45) is 9.83. The van der Waals surface area contributed by atoms with Crippen molar-refractivity contribution in [2.75, 3.05) is 44.4 Å². The van der Waals surface area contributed by atoms with Crippen LogP contribution in [0.25, 0.3) is 11.2 Å². The third kappa shape index (κ3) is 24.5. The minimum absolute atomic E-state index is 0.0291. The molecule has 2 saturated heterocycles. The molecule has 4 rings (SSSR count). The van der Waals surface area contributed by atoms with Gasteiger partial charge in [0.1, 0.15) is 42.4 Å². The molecule has 0 bridgehead atoms. The number of aliphatic hydroxyl groups is 4. The average Bonchev–Trinajstić information content (AvgIpc) is 3.99. The number of aromatic nitrogens is 4. The number of carbonyl (C=O) groups excluding carboxylic acids is 3. The van der Waals surface area contributed by atoms with Crippen molar-refractivity contribution in [2.24, 2.45) is 5.41 Å². The van der Waals surface area contributed by atoms with E-state index in [0.717, 1.165) is 67.5 Å². The van der Waals surface area contributed by atoms with Gasteiger partial charge in [-0.15, -0.1) is 0 Å². The van der Waals surface area contributed by atoms with Crippen molar-refractivity contribution in [1.29, 1.82) is 0 Å². The first-order valence-electron chi connectivity index (χ1n) is 26.5. The largest absolute Gasteiger partial charge is 0.481 e. The van der Waals surface area contributed by atoms with Crippen LogP contribution >= 0.6 is 35.2 Å². The molecule has 32 heteroatoms. The Morgan fingerprint density at radius 2 is 1.40 bits per heavy atom. The van der Waals surface area contributed by atoms with E-state index in [1.807, 2.05) is 0 Å². The van der Waals surface area contributed by atoms with E-state index in [4.69, 9.17) is 29.0 Å². The number of nitrogens with zero attached hydrogens (tertiary/aromatic N) is 4. The van der Waals surface area contributed by atoms with E-state index < -0.39 is 103 Å². The average molecular weight is 1190 g/mol. The quantitative estimate of drug-likeness (QED) is 0.0330. The Kier molecular flexibility index (Phi) is 29.2. The molecule has 4 heterocycles. The second-order valence-electron chi connectivity index (χ2n) is 20.1. The fourth-order valence-corrected chi connectivity index (χ4v) is 12.1. The number of nitrogens with one attached hydrogen (secondary N) is 2. The molecule has 28 nitrogen and oxygen atoms in total. The van der Waals surface area contributed by atoms with Crippen molar-refractivity contribution in [1.82, 2.24) is 30.2 Å². The van der Waals surface area contributed by atoms with Gasteiger partial charge >= 0.3 is 23.5 Å². The highest BCUT2D eigenvalue weighted by Gasteiger charge is 2.50. The predicted octanol–water partition coefficient (Wildman–Crippen LogP) is 4.17. The minimum Gasteiger partial charge on any atom is -0.390 e. The number of anilines is 1. The monoisotopic (exact) mass is 1190 g/mol. The highest BCUT2D eigenvalue weighted by molar-refractivity contribution is 8.13. The Bertz CT molecular complexity index is 2300. The zero-order chi connectivity index (χ0) is 57.5. The van der Waals surface area contributed by atoms with Crippen molar-refractivity contribution < 1.29 is 100 Å². The maximum absolute atomic E-state index is 12.8. The van der Waals surface area contributed by atoms with Crippen molar-refractivity contribution in [3.05, 3.63) is 12.7 Å². The number of carbonyl (C=O) groups is 3. The fourth-order valence-electron chi connectivity index (χ4n) is 8.51. The van der Waals surface area contributed by atoms with Gasteiger partial charge in [0.15, 0.2) is 29.1 Å². The standard InChI is InChI=1S/C46H82N7O21P3S/c1-31-32(54)26-33(55)45(71-31)68-24-19-17-15-13-11-9-7-5-4-6-8-10-12-14-16-18-20-36(57)78-25-23-48-35(56)21-22-49-43(60)40(59)46(2,3)28-70-77(66,67)74-76(64,65)69-27-34-39(73-75(61,62)63)38(58)44(72-34)53-30-52-37-41(47)50-29-51-42(37)53/h29-34,38-40,44-45,54-55,58-59H,4-28H2,1-3H3,(H,48,56)(H,49,60)(H,64,65)(H,66,67)(H2,47,50,51)(H2,61,62,63)/t31-,32+,33+,34+,38+,39+,40-,44+,45+/m0/s1. The molecule has 78 heavy (non-hydrogen) atoms. The van der Waals surface area contributed by atoms with E-state index in [0.29, 0.717) is 18.8 Å². The SMILES string of the molecule is C[C@@H]1O[C@@H](OCCCCCCCCCCCCCCCCCCC(=O)SCCNC(=O)CCNC(=O)[C@H](O)C(C)(C)COP(=O)(O)OP(=O)(O)OC[C@H]2O[C@@H](n3cnc4c(N)ncnc43)[C@H](O)[C@@H]2OP(=O)(O)O)[C@H](O)C[C@H]1O. The second-order valence-corrected chi connectivity index (χ2v) is 25.5. The summed E-state index contributed by atoms with van der Waals surface area (Å²) in [6.45, 7) is 2.86. The van der Waals surface area contributed by atoms with Crippen molar-refractivity contribution in [2.45, 2.75) is 198 Å². The lowest BCUT2D eigenvalue weighted by molar-refractivity contribution is -0.261. The molecule has 2 fully saturated rings. The van der Waals surface area contributed by atoms with Gasteiger partial charge in [0.2, 0.25) is 11.8 Å². The van der Waals surface area contributed by atoms with Gasteiger partial charge in [-0.05, 0) is 19.8 Å². The van der Waals surface area contributed by atoms with Crippen LogP contribution in [-0.2, 0) is 60.2 Å². The third-order valence-electron chi connectivity index (χ3n) is 13.0. The summed E-state index contributed by atoms with van der Waals surface area (Å²) < 4.78 is 73.8. The number of hydrogen-bond acceptors (Lipinski definition) is 22. The lowest BCUT2D eigenvalue weighted by Gasteiger charge is -2.35. The number of imidazole rings is 1. The Morgan fingerprint density at radius 1 is 0.808 bits per heavy atom. The highest BCUT2D eigenvalue weighted by Crippen LogP contribution is 2.61. The molecule has 2 aliphatic rings. The van der Waals surface area contributed by atoms with Gasteiger partial charge in [-0.25, -0.2) is 28.6 Å². The topological polar surface area (TPSA) is 423 Å². The Labute approximate surface area is 458 Å². The van der Waals surface area contributed by atoms with Crippen LogP contribution in [0.5, 0.6) is 0 Å². The van der Waals surface area contributed by atoms with Crippen LogP contribution in [0.3, 0.4) is 0 Å². The highest BCUT2D eigenvalue weighted by atomic mass is 32.2. The summed E-state index contributed by atoms with van der Waals surface area (Å²) in [4.78, 5) is 88.7. The molecule has 11 atom stereocenters. The maximum atomic E-state index is 12.8. The van der Waals surface area contributed by atoms with E-state index in [2.05, 4.69) is 34.4 Å². The molecule has 448 valence electrons. The third-order valence-corrected chi connectivity index (χ3v) is 17.0. The molecule has 2 aromatic heterocycles. The van der Waals surface area contributed by atoms with Crippen LogP contribution in [0.1, 0.15) is 149 Å². The minimum atomic E-state index is -5.59. The maximum Gasteiger partial charge on any atom is 0.481 e. The van der Waals surface area contributed by atoms with Crippen LogP contribution in [-0.4, -0.2) is 164 Å². The number of thioether (sulfide) groups is 1. The van der Waals surface area contributed by atoms with Crippen LogP contribution in [0, 0.1) is 5.41 Å². The van der Waals surface area contributed by atoms with Crippen LogP contribution < -0.4 is 16.4 Å². The van der Waals surface area contributed by atoms with E-state index in [1.165, 1.54) is 78.1 Å². The number of nitrogens with two attached hydrogens (primary N) is 1. The van der Waals surface area contributed by atoms with E-state index in [9.17, 15) is 68.1 Å². The Hall–Kier alpha value is -2.60. The van der Waals surface area contributed by atoms with Crippen molar-refractivity contribution in [3.8, 4) is 0 Å². The zero-order valence-corrected chi connectivity index (χ0v) is 48.0. The first-order valence-corrected chi connectivity index (χ1v) is 32.0. The lowest BCUT2D eigenvalue weighted by atomic mass is 9.87. The Morgan fingerprint density at radius 3 is 2.01 bits per heavy atom. The molecule has 2 aliphatic heterocycles. The van der Waals surface area contributed by atoms with Crippen molar-refractivity contribution in [3.63, 3.8) is 0 Å². The van der Waals surface area contributed by atoms with Gasteiger partial charge in [0, 0.05) is 50.1 Å². The fraction of sp³-hybridized carbons (Fsp3) is 0.826. The summed E-state index contributed by atoms with van der Waals surface area (Å²) >= 11 is 1.14. The van der Waals surface area contributed by atoms with Gasteiger partial charge in [0.05, 0.1) is 31.7 Å². The molecule has 2 unspecified atom stereocenters. The lowest BCUT2D eigenvalue weighted by Crippen LogP contribution is -2.47. The summed E-state index contributed by atoms with van der Waals surface area (Å²) in [7, 11) is -16.4. The zero-order valence-electron chi connectivity index (χ0n) is 44.5.